The molecular formula is C23H30N4O. The summed E-state index contributed by atoms with van der Waals surface area (Å²) in [6.07, 6.45) is 8.70. The van der Waals surface area contributed by atoms with Gasteiger partial charge in [-0.3, -0.25) is 0 Å². The average Bonchev–Trinajstić information content (AvgIpc) is 3.63. The minimum Gasteiger partial charge on any atom is -0.339 e. The number of rotatable bonds is 6. The van der Waals surface area contributed by atoms with Crippen molar-refractivity contribution in [3.8, 4) is 0 Å². The summed E-state index contributed by atoms with van der Waals surface area (Å²) in [7, 11) is 0. The lowest BCUT2D eigenvalue weighted by Gasteiger charge is -2.49. The summed E-state index contributed by atoms with van der Waals surface area (Å²) >= 11 is 0. The minimum atomic E-state index is 0.127. The Hall–Kier alpha value is -1.72. The average molecular weight is 379 g/mol. The van der Waals surface area contributed by atoms with E-state index in [4.69, 9.17) is 9.51 Å². The maximum Gasteiger partial charge on any atom is 0.229 e. The second kappa shape index (κ2) is 6.39. The first kappa shape index (κ1) is 17.2. The van der Waals surface area contributed by atoms with Gasteiger partial charge in [0.2, 0.25) is 5.89 Å². The van der Waals surface area contributed by atoms with E-state index in [0.717, 1.165) is 18.3 Å². The van der Waals surface area contributed by atoms with Crippen molar-refractivity contribution in [2.75, 3.05) is 19.6 Å². The van der Waals surface area contributed by atoms with Crippen LogP contribution in [0.2, 0.25) is 0 Å². The molecule has 1 aromatic carbocycles. The van der Waals surface area contributed by atoms with Crippen LogP contribution in [-0.4, -0.2) is 35.8 Å². The van der Waals surface area contributed by atoms with Crippen LogP contribution in [-0.2, 0) is 5.41 Å². The molecule has 28 heavy (non-hydrogen) atoms. The van der Waals surface area contributed by atoms with Crippen LogP contribution in [0.5, 0.6) is 0 Å². The van der Waals surface area contributed by atoms with Crippen LogP contribution in [0, 0.1) is 5.41 Å². The molecule has 2 N–H and O–H groups in total. The molecular weight excluding hydrogens is 348 g/mol. The lowest BCUT2D eigenvalue weighted by molar-refractivity contribution is 0.0461. The molecule has 1 aliphatic heterocycles. The Kier molecular flexibility index (Phi) is 3.92. The van der Waals surface area contributed by atoms with Crippen LogP contribution in [0.4, 0.5) is 0 Å². The fraction of sp³-hybridized carbons (Fsp3) is 0.652. The van der Waals surface area contributed by atoms with Gasteiger partial charge in [0, 0.05) is 29.8 Å². The predicted molar refractivity (Wildman–Crippen MR) is 107 cm³/mol. The van der Waals surface area contributed by atoms with Crippen molar-refractivity contribution in [2.45, 2.75) is 68.2 Å². The smallest absolute Gasteiger partial charge is 0.229 e. The summed E-state index contributed by atoms with van der Waals surface area (Å²) < 4.78 is 5.74. The summed E-state index contributed by atoms with van der Waals surface area (Å²) in [6.45, 7) is 3.32. The standard InChI is InChI=1S/C23H30N4O/c1-2-4-16(5-3-1)18-12-19(18)25-15-23(6-7-23)21-26-20(28-27-21)17-13-22(14-17)8-10-24-11-9-22/h1-5,17-19,24-25H,6-15H2. The predicted octanol–water partition coefficient (Wildman–Crippen LogP) is 3.49. The first-order chi connectivity index (χ1) is 13.8. The van der Waals surface area contributed by atoms with Crippen molar-refractivity contribution in [1.29, 1.82) is 0 Å². The van der Waals surface area contributed by atoms with Crippen molar-refractivity contribution in [1.82, 2.24) is 20.8 Å². The number of nitrogens with one attached hydrogen (secondary N) is 2. The molecule has 2 atom stereocenters. The summed E-state index contributed by atoms with van der Waals surface area (Å²) in [5, 5.41) is 11.7. The van der Waals surface area contributed by atoms with Crippen LogP contribution < -0.4 is 10.6 Å². The topological polar surface area (TPSA) is 63.0 Å². The molecule has 3 aliphatic carbocycles. The van der Waals surface area contributed by atoms with Gasteiger partial charge in [-0.05, 0) is 69.0 Å². The maximum absolute atomic E-state index is 5.74. The third-order valence-electron chi connectivity index (χ3n) is 7.86. The van der Waals surface area contributed by atoms with E-state index < -0.39 is 0 Å². The summed E-state index contributed by atoms with van der Waals surface area (Å²) in [6, 6.07) is 11.5. The van der Waals surface area contributed by atoms with Crippen LogP contribution in [0.25, 0.3) is 0 Å². The monoisotopic (exact) mass is 378 g/mol. The van der Waals surface area contributed by atoms with Gasteiger partial charge in [-0.2, -0.15) is 4.98 Å². The van der Waals surface area contributed by atoms with Crippen molar-refractivity contribution >= 4 is 0 Å². The molecule has 3 saturated carbocycles. The van der Waals surface area contributed by atoms with Crippen LogP contribution in [0.15, 0.2) is 34.9 Å². The minimum absolute atomic E-state index is 0.127. The summed E-state index contributed by atoms with van der Waals surface area (Å²) in [4.78, 5) is 4.89. The van der Waals surface area contributed by atoms with E-state index in [1.54, 1.807) is 0 Å². The number of nitrogens with zero attached hydrogens (tertiary/aromatic N) is 2. The second-order valence-corrected chi connectivity index (χ2v) is 9.83. The molecule has 5 nitrogen and oxygen atoms in total. The Labute approximate surface area is 166 Å². The highest BCUT2D eigenvalue weighted by Crippen LogP contribution is 2.56. The molecule has 1 aromatic heterocycles. The summed E-state index contributed by atoms with van der Waals surface area (Å²) in [5.41, 5.74) is 2.15. The van der Waals surface area contributed by atoms with Crippen LogP contribution in [0.3, 0.4) is 0 Å². The maximum atomic E-state index is 5.74. The Morgan fingerprint density at radius 1 is 1.07 bits per heavy atom. The number of aromatic nitrogens is 2. The highest BCUT2D eigenvalue weighted by Gasteiger charge is 2.52. The number of hydrogen-bond acceptors (Lipinski definition) is 5. The van der Waals surface area contributed by atoms with E-state index in [1.165, 1.54) is 63.6 Å². The van der Waals surface area contributed by atoms with E-state index in [9.17, 15) is 0 Å². The molecule has 2 aromatic rings. The quantitative estimate of drug-likeness (QED) is 0.806. The second-order valence-electron chi connectivity index (χ2n) is 9.83. The van der Waals surface area contributed by atoms with Gasteiger partial charge in [-0.25, -0.2) is 0 Å². The van der Waals surface area contributed by atoms with Gasteiger partial charge in [0.25, 0.3) is 0 Å². The van der Waals surface area contributed by atoms with Gasteiger partial charge in [0.1, 0.15) is 0 Å². The van der Waals surface area contributed by atoms with E-state index in [-0.39, 0.29) is 5.41 Å². The van der Waals surface area contributed by atoms with E-state index >= 15 is 0 Å². The van der Waals surface area contributed by atoms with Crippen molar-refractivity contribution < 1.29 is 4.52 Å². The lowest BCUT2D eigenvalue weighted by Crippen LogP contribution is -2.44. The van der Waals surface area contributed by atoms with E-state index in [0.29, 0.717) is 23.3 Å². The van der Waals surface area contributed by atoms with E-state index in [2.05, 4.69) is 46.1 Å². The molecule has 4 fully saturated rings. The first-order valence-corrected chi connectivity index (χ1v) is 11.1. The largest absolute Gasteiger partial charge is 0.339 e. The van der Waals surface area contributed by atoms with Gasteiger partial charge in [0.05, 0.1) is 0 Å². The van der Waals surface area contributed by atoms with Gasteiger partial charge < -0.3 is 15.2 Å². The molecule has 5 heteroatoms. The van der Waals surface area contributed by atoms with Crippen molar-refractivity contribution in [3.63, 3.8) is 0 Å². The van der Waals surface area contributed by atoms with Crippen LogP contribution in [0.1, 0.15) is 74.1 Å². The molecule has 4 aliphatic rings. The number of benzene rings is 1. The fourth-order valence-corrected chi connectivity index (χ4v) is 5.59. The van der Waals surface area contributed by atoms with E-state index in [1.807, 2.05) is 0 Å². The fourth-order valence-electron chi connectivity index (χ4n) is 5.59. The molecule has 1 saturated heterocycles. The first-order valence-electron chi connectivity index (χ1n) is 11.1. The Balaban J connectivity index is 1.05. The molecule has 148 valence electrons. The molecule has 2 heterocycles. The molecule has 1 spiro atoms. The van der Waals surface area contributed by atoms with Gasteiger partial charge in [-0.1, -0.05) is 35.5 Å². The SMILES string of the molecule is c1ccc(C2CC2NCC2(c3noc(C4CC5(CCNCC5)C4)n3)CC2)cc1. The number of hydrogen-bond donors (Lipinski definition) is 2. The normalized spacial score (nSPS) is 30.1. The third kappa shape index (κ3) is 3.00. The highest BCUT2D eigenvalue weighted by molar-refractivity contribution is 5.28. The molecule has 0 amide bonds. The van der Waals surface area contributed by atoms with Gasteiger partial charge in [-0.15, -0.1) is 0 Å². The zero-order valence-corrected chi connectivity index (χ0v) is 16.5. The van der Waals surface area contributed by atoms with Crippen molar-refractivity contribution in [2.24, 2.45) is 5.41 Å². The molecule has 0 radical (unpaired) electrons. The highest BCUT2D eigenvalue weighted by atomic mass is 16.5. The Bertz CT molecular complexity index is 829. The lowest BCUT2D eigenvalue weighted by atomic mass is 9.58. The number of piperidine rings is 1. The molecule has 6 rings (SSSR count). The van der Waals surface area contributed by atoms with Gasteiger partial charge in [0.15, 0.2) is 5.82 Å². The molecule has 0 bridgehead atoms. The summed E-state index contributed by atoms with van der Waals surface area (Å²) in [5.74, 6) is 3.03. The van der Waals surface area contributed by atoms with Crippen LogP contribution >= 0.6 is 0 Å². The Morgan fingerprint density at radius 3 is 2.61 bits per heavy atom. The zero-order valence-electron chi connectivity index (χ0n) is 16.5. The Morgan fingerprint density at radius 2 is 1.86 bits per heavy atom. The zero-order chi connectivity index (χ0) is 18.6. The van der Waals surface area contributed by atoms with Crippen molar-refractivity contribution in [3.05, 3.63) is 47.6 Å². The van der Waals surface area contributed by atoms with Gasteiger partial charge >= 0.3 is 0 Å². The third-order valence-corrected chi connectivity index (χ3v) is 7.86. The molecule has 2 unspecified atom stereocenters.